The lowest BCUT2D eigenvalue weighted by atomic mass is 10.1. The molecule has 0 saturated heterocycles. The number of carbonyl (C=O) groups excluding carboxylic acids is 1. The fraction of sp³-hybridized carbons (Fsp3) is 0.160. The van der Waals surface area contributed by atoms with Gasteiger partial charge in [0.2, 0.25) is 0 Å². The van der Waals surface area contributed by atoms with Crippen LogP contribution >= 0.6 is 23.2 Å². The van der Waals surface area contributed by atoms with Crippen LogP contribution in [0.1, 0.15) is 15.9 Å². The Morgan fingerprint density at radius 1 is 0.973 bits per heavy atom. The first-order chi connectivity index (χ1) is 17.7. The number of hydrogen-bond acceptors (Lipinski definition) is 5. The number of carbonyl (C=O) groups is 1. The second-order valence-electron chi connectivity index (χ2n) is 7.68. The number of halogens is 5. The molecule has 3 aromatic carbocycles. The highest BCUT2D eigenvalue weighted by molar-refractivity contribution is 6.42. The lowest BCUT2D eigenvalue weighted by molar-refractivity contribution is -0.137. The molecule has 0 unspecified atom stereocenters. The summed E-state index contributed by atoms with van der Waals surface area (Å²) in [6, 6.07) is 15.8. The summed E-state index contributed by atoms with van der Waals surface area (Å²) in [7, 11) is 1.55. The Bertz CT molecular complexity index is 1390. The van der Waals surface area contributed by atoms with Crippen molar-refractivity contribution < 1.29 is 27.4 Å². The van der Waals surface area contributed by atoms with Gasteiger partial charge in [0.05, 0.1) is 27.9 Å². The molecular formula is C25H19Cl2F3N4O3. The van der Waals surface area contributed by atoms with Crippen LogP contribution in [0, 0.1) is 0 Å². The van der Waals surface area contributed by atoms with Crippen LogP contribution in [0.4, 0.5) is 18.9 Å². The van der Waals surface area contributed by atoms with Crippen molar-refractivity contribution in [1.82, 2.24) is 14.8 Å². The van der Waals surface area contributed by atoms with Gasteiger partial charge in [0.1, 0.15) is 6.61 Å². The fourth-order valence-electron chi connectivity index (χ4n) is 3.27. The molecule has 1 aromatic heterocycles. The Morgan fingerprint density at radius 3 is 2.30 bits per heavy atom. The zero-order valence-electron chi connectivity index (χ0n) is 19.2. The summed E-state index contributed by atoms with van der Waals surface area (Å²) < 4.78 is 50.4. The predicted octanol–water partition coefficient (Wildman–Crippen LogP) is 6.54. The average molecular weight is 551 g/mol. The molecule has 0 aliphatic heterocycles. The number of methoxy groups -OCH3 is 1. The highest BCUT2D eigenvalue weighted by atomic mass is 35.5. The molecule has 12 heteroatoms. The van der Waals surface area contributed by atoms with Gasteiger partial charge in [0.25, 0.3) is 5.91 Å². The summed E-state index contributed by atoms with van der Waals surface area (Å²) in [6.07, 6.45) is -4.48. The molecule has 4 aromatic rings. The second kappa shape index (κ2) is 11.2. The molecule has 37 heavy (non-hydrogen) atoms. The third-order valence-corrected chi connectivity index (χ3v) is 5.87. The topological polar surface area (TPSA) is 78.3 Å². The van der Waals surface area contributed by atoms with Gasteiger partial charge in [-0.25, -0.2) is 4.68 Å². The monoisotopic (exact) mass is 550 g/mol. The van der Waals surface area contributed by atoms with Crippen LogP contribution in [0.2, 0.25) is 10.0 Å². The van der Waals surface area contributed by atoms with Crippen molar-refractivity contribution in [1.29, 1.82) is 0 Å². The van der Waals surface area contributed by atoms with Gasteiger partial charge in [-0.3, -0.25) is 4.79 Å². The first-order valence-electron chi connectivity index (χ1n) is 10.8. The summed E-state index contributed by atoms with van der Waals surface area (Å²) in [5.74, 6) is -0.111. The molecule has 4 rings (SSSR count). The third-order valence-electron chi connectivity index (χ3n) is 5.13. The van der Waals surface area contributed by atoms with Gasteiger partial charge in [0.15, 0.2) is 5.82 Å². The minimum Gasteiger partial charge on any atom is -0.460 e. The van der Waals surface area contributed by atoms with Gasteiger partial charge in [0, 0.05) is 23.9 Å². The van der Waals surface area contributed by atoms with E-state index in [9.17, 15) is 18.0 Å². The SMILES string of the molecule is COCCOc1nc(-c2ccc(Cl)c(Cl)c2)n(-c2ccc(NC(=O)c3ccc(C(F)(F)F)cc3)cc2)n1. The van der Waals surface area contributed by atoms with Crippen LogP contribution in [0.5, 0.6) is 6.01 Å². The van der Waals surface area contributed by atoms with Gasteiger partial charge in [-0.05, 0) is 66.7 Å². The van der Waals surface area contributed by atoms with E-state index in [-0.39, 0.29) is 18.2 Å². The predicted molar refractivity (Wildman–Crippen MR) is 134 cm³/mol. The molecule has 1 amide bonds. The number of aromatic nitrogens is 3. The van der Waals surface area contributed by atoms with Crippen LogP contribution in [0.15, 0.2) is 66.7 Å². The number of alkyl halides is 3. The average Bonchev–Trinajstić information content (AvgIpc) is 3.30. The van der Waals surface area contributed by atoms with Gasteiger partial charge < -0.3 is 14.8 Å². The molecule has 0 spiro atoms. The second-order valence-corrected chi connectivity index (χ2v) is 8.49. The van der Waals surface area contributed by atoms with E-state index in [1.807, 2.05) is 0 Å². The molecule has 1 N–H and O–H groups in total. The number of ether oxygens (including phenoxy) is 2. The summed E-state index contributed by atoms with van der Waals surface area (Å²) in [4.78, 5) is 16.9. The van der Waals surface area contributed by atoms with Gasteiger partial charge >= 0.3 is 12.2 Å². The Morgan fingerprint density at radius 2 is 1.68 bits per heavy atom. The lowest BCUT2D eigenvalue weighted by Crippen LogP contribution is -2.13. The summed E-state index contributed by atoms with van der Waals surface area (Å²) in [6.45, 7) is 0.597. The van der Waals surface area contributed by atoms with Gasteiger partial charge in [-0.15, -0.1) is 5.10 Å². The van der Waals surface area contributed by atoms with Crippen molar-refractivity contribution in [3.63, 3.8) is 0 Å². The first-order valence-corrected chi connectivity index (χ1v) is 11.5. The normalized spacial score (nSPS) is 11.4. The van der Waals surface area contributed by atoms with Crippen LogP contribution in [0.3, 0.4) is 0 Å². The molecule has 0 aliphatic rings. The highest BCUT2D eigenvalue weighted by Gasteiger charge is 2.30. The summed E-state index contributed by atoms with van der Waals surface area (Å²) >= 11 is 12.2. The van der Waals surface area contributed by atoms with Crippen LogP contribution in [0.25, 0.3) is 17.1 Å². The third kappa shape index (κ3) is 6.40. The van der Waals surface area contributed by atoms with Crippen LogP contribution in [-0.2, 0) is 10.9 Å². The Kier molecular flexibility index (Phi) is 8.01. The number of hydrogen-bond donors (Lipinski definition) is 1. The molecule has 1 heterocycles. The standard InChI is InChI=1S/C25H19Cl2F3N4O3/c1-36-12-13-37-24-32-22(16-4-11-20(26)21(27)14-16)34(33-24)19-9-7-18(8-10-19)31-23(35)15-2-5-17(6-3-15)25(28,29)30/h2-11,14H,12-13H2,1H3,(H,31,35). The van der Waals surface area contributed by atoms with Gasteiger partial charge in [-0.1, -0.05) is 23.2 Å². The number of nitrogens with one attached hydrogen (secondary N) is 1. The maximum Gasteiger partial charge on any atom is 0.416 e. The number of benzene rings is 3. The zero-order valence-corrected chi connectivity index (χ0v) is 20.7. The van der Waals surface area contributed by atoms with Crippen molar-refractivity contribution in [2.75, 3.05) is 25.6 Å². The maximum absolute atomic E-state index is 12.8. The Balaban J connectivity index is 1.57. The molecule has 0 atom stereocenters. The van der Waals surface area contributed by atoms with Crippen molar-refractivity contribution >= 4 is 34.8 Å². The van der Waals surface area contributed by atoms with Crippen molar-refractivity contribution in [2.24, 2.45) is 0 Å². The van der Waals surface area contributed by atoms with Crippen LogP contribution < -0.4 is 10.1 Å². The van der Waals surface area contributed by atoms with Gasteiger partial charge in [-0.2, -0.15) is 18.2 Å². The number of amides is 1. The fourth-order valence-corrected chi connectivity index (χ4v) is 3.57. The Labute approximate surface area is 219 Å². The van der Waals surface area contributed by atoms with E-state index >= 15 is 0 Å². The summed E-state index contributed by atoms with van der Waals surface area (Å²) in [5, 5.41) is 7.81. The molecule has 0 saturated carbocycles. The Hall–Kier alpha value is -3.60. The molecular weight excluding hydrogens is 532 g/mol. The highest BCUT2D eigenvalue weighted by Crippen LogP contribution is 2.31. The van der Waals surface area contributed by atoms with E-state index in [0.717, 1.165) is 24.3 Å². The molecule has 0 aliphatic carbocycles. The van der Waals surface area contributed by atoms with Crippen LogP contribution in [-0.4, -0.2) is 41.0 Å². The lowest BCUT2D eigenvalue weighted by Gasteiger charge is -2.10. The van der Waals surface area contributed by atoms with Crippen molar-refractivity contribution in [3.8, 4) is 23.1 Å². The number of nitrogens with zero attached hydrogens (tertiary/aromatic N) is 3. The van der Waals surface area contributed by atoms with Crippen molar-refractivity contribution in [2.45, 2.75) is 6.18 Å². The first kappa shape index (κ1) is 26.5. The number of rotatable bonds is 8. The quantitative estimate of drug-likeness (QED) is 0.252. The molecule has 0 radical (unpaired) electrons. The van der Waals surface area contributed by atoms with E-state index in [4.69, 9.17) is 32.7 Å². The van der Waals surface area contributed by atoms with Crippen molar-refractivity contribution in [3.05, 3.63) is 87.9 Å². The maximum atomic E-state index is 12.8. The van der Waals surface area contributed by atoms with E-state index in [1.54, 1.807) is 54.3 Å². The largest absolute Gasteiger partial charge is 0.460 e. The molecule has 7 nitrogen and oxygen atoms in total. The minimum absolute atomic E-state index is 0.0908. The smallest absolute Gasteiger partial charge is 0.416 e. The molecule has 192 valence electrons. The summed E-state index contributed by atoms with van der Waals surface area (Å²) in [5.41, 5.74) is 0.935. The molecule has 0 fully saturated rings. The van der Waals surface area contributed by atoms with E-state index < -0.39 is 17.6 Å². The zero-order chi connectivity index (χ0) is 26.6. The van der Waals surface area contributed by atoms with E-state index in [1.165, 1.54) is 0 Å². The van der Waals surface area contributed by atoms with E-state index in [2.05, 4.69) is 15.4 Å². The van der Waals surface area contributed by atoms with E-state index in [0.29, 0.717) is 39.4 Å². The molecule has 0 bridgehead atoms. The number of anilines is 1. The minimum atomic E-state index is -4.48.